The van der Waals surface area contributed by atoms with Gasteiger partial charge in [-0.3, -0.25) is 0 Å². The Labute approximate surface area is 131 Å². The van der Waals surface area contributed by atoms with E-state index in [1.54, 1.807) is 6.20 Å². The van der Waals surface area contributed by atoms with E-state index in [-0.39, 0.29) is 0 Å². The molecule has 0 aliphatic heterocycles. The van der Waals surface area contributed by atoms with Crippen LogP contribution in [0.1, 0.15) is 42.4 Å². The Morgan fingerprint density at radius 1 is 1.05 bits per heavy atom. The zero-order chi connectivity index (χ0) is 15.5. The molecule has 0 spiro atoms. The van der Waals surface area contributed by atoms with Gasteiger partial charge in [-0.15, -0.1) is 5.10 Å². The third kappa shape index (κ3) is 3.35. The molecule has 2 N–H and O–H groups in total. The van der Waals surface area contributed by atoms with Crippen molar-refractivity contribution >= 4 is 17.5 Å². The molecule has 1 saturated carbocycles. The van der Waals surface area contributed by atoms with E-state index in [4.69, 9.17) is 0 Å². The minimum atomic E-state index is 0.486. The maximum Gasteiger partial charge on any atom is 0.244 e. The molecule has 1 aromatic carbocycles. The van der Waals surface area contributed by atoms with Crippen molar-refractivity contribution in [2.24, 2.45) is 0 Å². The van der Waals surface area contributed by atoms with Gasteiger partial charge in [0.25, 0.3) is 0 Å². The highest BCUT2D eigenvalue weighted by atomic mass is 15.3. The van der Waals surface area contributed by atoms with Crippen LogP contribution < -0.4 is 10.6 Å². The van der Waals surface area contributed by atoms with Crippen LogP contribution in [0.25, 0.3) is 0 Å². The average molecular weight is 297 g/mol. The normalized spacial score (nSPS) is 15.0. The first-order chi connectivity index (χ1) is 10.6. The molecule has 1 heterocycles. The molecular formula is C17H23N5. The quantitative estimate of drug-likeness (QED) is 0.896. The third-order valence-corrected chi connectivity index (χ3v) is 4.18. The molecule has 0 radical (unpaired) electrons. The Bertz CT molecular complexity index is 639. The van der Waals surface area contributed by atoms with E-state index < -0.39 is 0 Å². The standard InChI is InChI=1S/C17H23N5/c1-11-8-12(2)16(13(3)9-11)20-15-10-18-22-17(21-15)19-14-6-4-5-7-14/h8-10,14H,4-7H2,1-3H3,(H2,19,20,21,22). The van der Waals surface area contributed by atoms with Crippen LogP contribution >= 0.6 is 0 Å². The highest BCUT2D eigenvalue weighted by molar-refractivity contribution is 5.65. The van der Waals surface area contributed by atoms with Crippen molar-refractivity contribution in [3.05, 3.63) is 35.0 Å². The smallest absolute Gasteiger partial charge is 0.244 e. The summed E-state index contributed by atoms with van der Waals surface area (Å²) in [7, 11) is 0. The van der Waals surface area contributed by atoms with Gasteiger partial charge in [0.15, 0.2) is 5.82 Å². The zero-order valence-electron chi connectivity index (χ0n) is 13.5. The fraction of sp³-hybridized carbons (Fsp3) is 0.471. The highest BCUT2D eigenvalue weighted by Crippen LogP contribution is 2.25. The molecule has 0 saturated heterocycles. The second-order valence-corrected chi connectivity index (χ2v) is 6.19. The summed E-state index contributed by atoms with van der Waals surface area (Å²) in [4.78, 5) is 4.54. The second kappa shape index (κ2) is 6.30. The Morgan fingerprint density at radius 2 is 1.73 bits per heavy atom. The van der Waals surface area contributed by atoms with Crippen molar-refractivity contribution in [3.8, 4) is 0 Å². The first-order valence-electron chi connectivity index (χ1n) is 7.93. The number of nitrogens with one attached hydrogen (secondary N) is 2. The predicted octanol–water partition coefficient (Wildman–Crippen LogP) is 3.89. The minimum absolute atomic E-state index is 0.486. The van der Waals surface area contributed by atoms with Crippen LogP contribution in [0.5, 0.6) is 0 Å². The molecular weight excluding hydrogens is 274 g/mol. The molecule has 1 fully saturated rings. The highest BCUT2D eigenvalue weighted by Gasteiger charge is 2.16. The summed E-state index contributed by atoms with van der Waals surface area (Å²) in [5.41, 5.74) is 4.78. The third-order valence-electron chi connectivity index (χ3n) is 4.18. The lowest BCUT2D eigenvalue weighted by atomic mass is 10.1. The number of rotatable bonds is 4. The molecule has 0 amide bonds. The number of benzene rings is 1. The SMILES string of the molecule is Cc1cc(C)c(Nc2cnnc(NC3CCCC3)n2)c(C)c1. The average Bonchev–Trinajstić information content (AvgIpc) is 2.96. The predicted molar refractivity (Wildman–Crippen MR) is 89.6 cm³/mol. The second-order valence-electron chi connectivity index (χ2n) is 6.19. The van der Waals surface area contributed by atoms with E-state index >= 15 is 0 Å². The summed E-state index contributed by atoms with van der Waals surface area (Å²) in [6.07, 6.45) is 6.61. The van der Waals surface area contributed by atoms with E-state index in [1.807, 2.05) is 0 Å². The van der Waals surface area contributed by atoms with Gasteiger partial charge >= 0.3 is 0 Å². The molecule has 0 unspecified atom stereocenters. The maximum atomic E-state index is 4.54. The number of aromatic nitrogens is 3. The monoisotopic (exact) mass is 297 g/mol. The zero-order valence-corrected chi connectivity index (χ0v) is 13.5. The number of nitrogens with zero attached hydrogens (tertiary/aromatic N) is 3. The van der Waals surface area contributed by atoms with Crippen LogP contribution in [0, 0.1) is 20.8 Å². The van der Waals surface area contributed by atoms with E-state index in [9.17, 15) is 0 Å². The van der Waals surface area contributed by atoms with Crippen molar-refractivity contribution < 1.29 is 0 Å². The number of aryl methyl sites for hydroxylation is 3. The van der Waals surface area contributed by atoms with Crippen LogP contribution in [-0.2, 0) is 0 Å². The van der Waals surface area contributed by atoms with Gasteiger partial charge < -0.3 is 10.6 Å². The van der Waals surface area contributed by atoms with Crippen molar-refractivity contribution in [1.82, 2.24) is 15.2 Å². The fourth-order valence-corrected chi connectivity index (χ4v) is 3.18. The molecule has 22 heavy (non-hydrogen) atoms. The fourth-order valence-electron chi connectivity index (χ4n) is 3.18. The first-order valence-corrected chi connectivity index (χ1v) is 7.93. The number of hydrogen-bond donors (Lipinski definition) is 2. The van der Waals surface area contributed by atoms with Crippen molar-refractivity contribution in [2.45, 2.75) is 52.5 Å². The Hall–Kier alpha value is -2.17. The molecule has 1 aromatic heterocycles. The molecule has 5 heteroatoms. The molecule has 0 atom stereocenters. The molecule has 1 aliphatic carbocycles. The number of anilines is 3. The van der Waals surface area contributed by atoms with Gasteiger partial charge in [0.2, 0.25) is 5.95 Å². The summed E-state index contributed by atoms with van der Waals surface area (Å²) < 4.78 is 0. The van der Waals surface area contributed by atoms with Gasteiger partial charge in [-0.2, -0.15) is 10.1 Å². The largest absolute Gasteiger partial charge is 0.350 e. The lowest BCUT2D eigenvalue weighted by Gasteiger charge is -2.15. The summed E-state index contributed by atoms with van der Waals surface area (Å²) in [5.74, 6) is 1.34. The van der Waals surface area contributed by atoms with Crippen molar-refractivity contribution in [2.75, 3.05) is 10.6 Å². The Balaban J connectivity index is 1.78. The Morgan fingerprint density at radius 3 is 2.41 bits per heavy atom. The van der Waals surface area contributed by atoms with Gasteiger partial charge in [0.05, 0.1) is 6.20 Å². The topological polar surface area (TPSA) is 62.7 Å². The Kier molecular flexibility index (Phi) is 4.22. The van der Waals surface area contributed by atoms with E-state index in [0.29, 0.717) is 12.0 Å². The molecule has 3 rings (SSSR count). The summed E-state index contributed by atoms with van der Waals surface area (Å²) in [6.45, 7) is 6.32. The van der Waals surface area contributed by atoms with E-state index in [1.165, 1.54) is 42.4 Å². The first kappa shape index (κ1) is 14.8. The van der Waals surface area contributed by atoms with Gasteiger partial charge in [-0.1, -0.05) is 30.5 Å². The minimum Gasteiger partial charge on any atom is -0.350 e. The summed E-state index contributed by atoms with van der Waals surface area (Å²) in [6, 6.07) is 4.82. The van der Waals surface area contributed by atoms with Crippen LogP contribution in [0.4, 0.5) is 17.5 Å². The van der Waals surface area contributed by atoms with Crippen molar-refractivity contribution in [3.63, 3.8) is 0 Å². The lowest BCUT2D eigenvalue weighted by molar-refractivity contribution is 0.738. The van der Waals surface area contributed by atoms with E-state index in [0.717, 1.165) is 11.5 Å². The van der Waals surface area contributed by atoms with Gasteiger partial charge in [0.1, 0.15) is 0 Å². The summed E-state index contributed by atoms with van der Waals surface area (Å²) >= 11 is 0. The van der Waals surface area contributed by atoms with Gasteiger partial charge in [-0.05, 0) is 44.7 Å². The molecule has 2 aromatic rings. The summed E-state index contributed by atoms with van der Waals surface area (Å²) in [5, 5.41) is 14.9. The van der Waals surface area contributed by atoms with Crippen LogP contribution in [0.2, 0.25) is 0 Å². The van der Waals surface area contributed by atoms with Gasteiger partial charge in [0, 0.05) is 11.7 Å². The molecule has 5 nitrogen and oxygen atoms in total. The van der Waals surface area contributed by atoms with Crippen molar-refractivity contribution in [1.29, 1.82) is 0 Å². The molecule has 116 valence electrons. The number of hydrogen-bond acceptors (Lipinski definition) is 5. The maximum absolute atomic E-state index is 4.54. The van der Waals surface area contributed by atoms with Gasteiger partial charge in [-0.25, -0.2) is 0 Å². The molecule has 0 bridgehead atoms. The van der Waals surface area contributed by atoms with E-state index in [2.05, 4.69) is 58.7 Å². The molecule has 1 aliphatic rings. The van der Waals surface area contributed by atoms with Crippen LogP contribution in [-0.4, -0.2) is 21.2 Å². The van der Waals surface area contributed by atoms with Crippen LogP contribution in [0.3, 0.4) is 0 Å². The van der Waals surface area contributed by atoms with Crippen LogP contribution in [0.15, 0.2) is 18.3 Å². The lowest BCUT2D eigenvalue weighted by Crippen LogP contribution is -2.17.